The van der Waals surface area contributed by atoms with Crippen molar-refractivity contribution < 1.29 is 9.90 Å². The van der Waals surface area contributed by atoms with Crippen molar-refractivity contribution in [3.63, 3.8) is 0 Å². The molecule has 158 valence electrons. The summed E-state index contributed by atoms with van der Waals surface area (Å²) in [5.41, 5.74) is 4.04. The van der Waals surface area contributed by atoms with Crippen LogP contribution >= 0.6 is 0 Å². The molecule has 1 saturated carbocycles. The monoisotopic (exact) mass is 403 g/mol. The molecule has 0 radical (unpaired) electrons. The third-order valence-corrected chi connectivity index (χ3v) is 8.13. The summed E-state index contributed by atoms with van der Waals surface area (Å²) >= 11 is 0. The number of piperidine rings is 1. The topological polar surface area (TPSA) is 40.5 Å². The fourth-order valence-electron chi connectivity index (χ4n) is 6.72. The van der Waals surface area contributed by atoms with Gasteiger partial charge in [0.15, 0.2) is 5.78 Å². The van der Waals surface area contributed by atoms with Gasteiger partial charge < -0.3 is 5.11 Å². The fraction of sp³-hybridized carbons (Fsp3) is 0.519. The summed E-state index contributed by atoms with van der Waals surface area (Å²) < 4.78 is 0. The van der Waals surface area contributed by atoms with E-state index in [0.29, 0.717) is 18.2 Å². The Hall–Kier alpha value is -2.13. The zero-order valence-electron chi connectivity index (χ0n) is 17.9. The van der Waals surface area contributed by atoms with Crippen LogP contribution in [0.5, 0.6) is 5.75 Å². The third-order valence-electron chi connectivity index (χ3n) is 8.13. The van der Waals surface area contributed by atoms with Crippen LogP contribution in [0.3, 0.4) is 0 Å². The minimum Gasteiger partial charge on any atom is -0.508 e. The fourth-order valence-corrected chi connectivity index (χ4v) is 6.72. The summed E-state index contributed by atoms with van der Waals surface area (Å²) in [5, 5.41) is 10.2. The second-order valence-electron chi connectivity index (χ2n) is 9.65. The van der Waals surface area contributed by atoms with Gasteiger partial charge in [-0.3, -0.25) is 9.69 Å². The Morgan fingerprint density at radius 3 is 2.80 bits per heavy atom. The molecule has 3 nitrogen and oxygen atoms in total. The first-order chi connectivity index (χ1) is 14.7. The molecule has 5 rings (SSSR count). The number of carbonyl (C=O) groups is 1. The van der Waals surface area contributed by atoms with Crippen LogP contribution in [0.1, 0.15) is 72.9 Å². The molecule has 1 saturated heterocycles. The second kappa shape index (κ2) is 8.19. The number of phenols is 1. The summed E-state index contributed by atoms with van der Waals surface area (Å²) in [4.78, 5) is 15.1. The highest BCUT2D eigenvalue weighted by Crippen LogP contribution is 2.56. The molecule has 30 heavy (non-hydrogen) atoms. The average Bonchev–Trinajstić information content (AvgIpc) is 2.79. The van der Waals surface area contributed by atoms with E-state index in [-0.39, 0.29) is 11.2 Å². The molecule has 1 aliphatic heterocycles. The van der Waals surface area contributed by atoms with E-state index in [0.717, 1.165) is 43.8 Å². The Balaban J connectivity index is 1.25. The van der Waals surface area contributed by atoms with Crippen molar-refractivity contribution in [1.82, 2.24) is 4.90 Å². The number of unbranched alkanes of at least 4 members (excludes halogenated alkanes) is 1. The molecule has 1 N–H and O–H groups in total. The van der Waals surface area contributed by atoms with Gasteiger partial charge in [-0.25, -0.2) is 0 Å². The first kappa shape index (κ1) is 19.8. The second-order valence-corrected chi connectivity index (χ2v) is 9.65. The van der Waals surface area contributed by atoms with E-state index in [1.807, 2.05) is 36.4 Å². The van der Waals surface area contributed by atoms with Gasteiger partial charge in [-0.05, 0) is 80.8 Å². The van der Waals surface area contributed by atoms with Crippen molar-refractivity contribution >= 4 is 5.78 Å². The quantitative estimate of drug-likeness (QED) is 0.511. The number of benzene rings is 2. The minimum absolute atomic E-state index is 0.270. The number of nitrogens with zero attached hydrogens (tertiary/aromatic N) is 1. The Morgan fingerprint density at radius 1 is 1.07 bits per heavy atom. The van der Waals surface area contributed by atoms with E-state index in [1.54, 1.807) is 0 Å². The lowest BCUT2D eigenvalue weighted by molar-refractivity contribution is -0.0119. The van der Waals surface area contributed by atoms with Crippen LogP contribution in [0.4, 0.5) is 0 Å². The molecule has 2 bridgehead atoms. The van der Waals surface area contributed by atoms with E-state index in [1.165, 1.54) is 43.2 Å². The highest BCUT2D eigenvalue weighted by Gasteiger charge is 2.53. The van der Waals surface area contributed by atoms with Crippen LogP contribution in [-0.4, -0.2) is 34.9 Å². The van der Waals surface area contributed by atoms with E-state index in [9.17, 15) is 9.90 Å². The molecule has 0 spiro atoms. The normalized spacial score (nSPS) is 27.9. The van der Waals surface area contributed by atoms with Crippen LogP contribution < -0.4 is 0 Å². The number of fused-ring (bicyclic) bond motifs is 1. The Bertz CT molecular complexity index is 908. The number of ketones is 1. The van der Waals surface area contributed by atoms with Crippen LogP contribution in [-0.2, 0) is 11.8 Å². The Labute approximate surface area is 180 Å². The van der Waals surface area contributed by atoms with Gasteiger partial charge in [0, 0.05) is 23.4 Å². The van der Waals surface area contributed by atoms with E-state index >= 15 is 0 Å². The molecule has 3 heteroatoms. The zero-order chi connectivity index (χ0) is 20.6. The van der Waals surface area contributed by atoms with Crippen molar-refractivity contribution in [2.24, 2.45) is 5.92 Å². The lowest BCUT2D eigenvalue weighted by atomic mass is 9.52. The predicted molar refractivity (Wildman–Crippen MR) is 120 cm³/mol. The summed E-state index contributed by atoms with van der Waals surface area (Å²) in [6.45, 7) is 2.26. The van der Waals surface area contributed by atoms with Crippen LogP contribution in [0.2, 0.25) is 0 Å². The molecule has 3 unspecified atom stereocenters. The molecule has 2 fully saturated rings. The molecule has 2 aromatic carbocycles. The van der Waals surface area contributed by atoms with Gasteiger partial charge in [-0.15, -0.1) is 0 Å². The van der Waals surface area contributed by atoms with Crippen molar-refractivity contribution in [2.45, 2.75) is 69.2 Å². The lowest BCUT2D eigenvalue weighted by Crippen LogP contribution is -2.61. The molecule has 3 atom stereocenters. The van der Waals surface area contributed by atoms with Crippen molar-refractivity contribution in [3.05, 3.63) is 65.2 Å². The first-order valence-electron chi connectivity index (χ1n) is 11.8. The number of aromatic hydroxyl groups is 1. The smallest absolute Gasteiger partial charge is 0.162 e. The number of phenolic OH excluding ortho intramolecular Hbond substituents is 1. The molecule has 0 amide bonds. The summed E-state index contributed by atoms with van der Waals surface area (Å²) in [7, 11) is 0. The van der Waals surface area contributed by atoms with Gasteiger partial charge >= 0.3 is 0 Å². The first-order valence-corrected chi connectivity index (χ1v) is 11.8. The van der Waals surface area contributed by atoms with Crippen LogP contribution in [0.15, 0.2) is 48.5 Å². The van der Waals surface area contributed by atoms with Gasteiger partial charge in [0.05, 0.1) is 0 Å². The van der Waals surface area contributed by atoms with Crippen LogP contribution in [0.25, 0.3) is 0 Å². The van der Waals surface area contributed by atoms with Crippen molar-refractivity contribution in [3.8, 4) is 5.75 Å². The Morgan fingerprint density at radius 2 is 1.93 bits per heavy atom. The molecule has 2 aromatic rings. The molecular formula is C27H33NO2. The summed E-state index contributed by atoms with van der Waals surface area (Å²) in [6, 6.07) is 16.4. The van der Waals surface area contributed by atoms with Crippen molar-refractivity contribution in [1.29, 1.82) is 0 Å². The maximum Gasteiger partial charge on any atom is 0.162 e. The van der Waals surface area contributed by atoms with E-state index in [4.69, 9.17) is 0 Å². The van der Waals surface area contributed by atoms with Gasteiger partial charge in [0.1, 0.15) is 5.75 Å². The number of hydrogen-bond acceptors (Lipinski definition) is 3. The highest BCUT2D eigenvalue weighted by atomic mass is 16.3. The van der Waals surface area contributed by atoms with Gasteiger partial charge in [0.25, 0.3) is 0 Å². The minimum atomic E-state index is 0.270. The SMILES string of the molecule is O=C(CCCCN1CCC23CCCCC2C1Cc1ccc(O)cc13)c1ccccc1. The number of likely N-dealkylation sites (tertiary alicyclic amines) is 1. The Kier molecular flexibility index (Phi) is 5.41. The molecule has 2 aliphatic carbocycles. The molecule has 3 aliphatic rings. The van der Waals surface area contributed by atoms with Gasteiger partial charge in [-0.2, -0.15) is 0 Å². The van der Waals surface area contributed by atoms with Gasteiger partial charge in [-0.1, -0.05) is 49.2 Å². The van der Waals surface area contributed by atoms with Crippen LogP contribution in [0, 0.1) is 5.92 Å². The molecule has 1 heterocycles. The van der Waals surface area contributed by atoms with E-state index in [2.05, 4.69) is 17.0 Å². The van der Waals surface area contributed by atoms with Crippen molar-refractivity contribution in [2.75, 3.05) is 13.1 Å². The lowest BCUT2D eigenvalue weighted by Gasteiger charge is -2.59. The summed E-state index contributed by atoms with van der Waals surface area (Å²) in [6.07, 6.45) is 10.3. The highest BCUT2D eigenvalue weighted by molar-refractivity contribution is 5.95. The number of carbonyl (C=O) groups excluding carboxylic acids is 1. The van der Waals surface area contributed by atoms with E-state index < -0.39 is 0 Å². The number of rotatable bonds is 6. The molecule has 0 aromatic heterocycles. The summed E-state index contributed by atoms with van der Waals surface area (Å²) in [5.74, 6) is 1.42. The average molecular weight is 404 g/mol. The number of Topliss-reactive ketones (excluding diaryl/α,β-unsaturated/α-hetero) is 1. The predicted octanol–water partition coefficient (Wildman–Crippen LogP) is 5.50. The number of hydrogen-bond donors (Lipinski definition) is 1. The third kappa shape index (κ3) is 3.47. The maximum atomic E-state index is 12.4. The largest absolute Gasteiger partial charge is 0.508 e. The maximum absolute atomic E-state index is 12.4. The zero-order valence-corrected chi connectivity index (χ0v) is 17.9. The molecular weight excluding hydrogens is 370 g/mol. The standard InChI is InChI=1S/C27H33NO2/c29-22-13-12-21-18-25-23-10-4-6-14-27(23,24(21)19-22)15-17-28(25)16-7-5-11-26(30)20-8-2-1-3-9-20/h1-3,8-9,12-13,19,23,25,29H,4-7,10-11,14-18H2. The van der Waals surface area contributed by atoms with Gasteiger partial charge in [0.2, 0.25) is 0 Å².